The summed E-state index contributed by atoms with van der Waals surface area (Å²) in [7, 11) is 7.25. The zero-order valence-electron chi connectivity index (χ0n) is 12.1. The molecule has 0 amide bonds. The van der Waals surface area contributed by atoms with Gasteiger partial charge in [-0.15, -0.1) is 0 Å². The fourth-order valence-corrected chi connectivity index (χ4v) is 2.30. The first-order chi connectivity index (χ1) is 9.19. The van der Waals surface area contributed by atoms with Gasteiger partial charge in [0.1, 0.15) is 0 Å². The Hall–Kier alpha value is -0.890. The molecule has 1 N–H and O–H groups in total. The Balaban J connectivity index is 2.28. The Bertz CT molecular complexity index is 358. The van der Waals surface area contributed by atoms with Crippen LogP contribution in [-0.4, -0.2) is 59.7 Å². The minimum atomic E-state index is 0.632. The van der Waals surface area contributed by atoms with Crippen molar-refractivity contribution in [2.24, 2.45) is 0 Å². The molecule has 0 radical (unpaired) electrons. The number of ether oxygens (including phenoxy) is 3. The van der Waals surface area contributed by atoms with E-state index in [1.54, 1.807) is 25.6 Å². The summed E-state index contributed by atoms with van der Waals surface area (Å²) in [5, 5.41) is 4.26. The number of thiazole rings is 1. The lowest BCUT2D eigenvalue weighted by atomic mass is 10.5. The van der Waals surface area contributed by atoms with E-state index in [0.29, 0.717) is 25.7 Å². The molecule has 1 aromatic rings. The van der Waals surface area contributed by atoms with E-state index in [4.69, 9.17) is 14.2 Å². The van der Waals surface area contributed by atoms with Gasteiger partial charge in [0.25, 0.3) is 0 Å². The highest BCUT2D eigenvalue weighted by molar-refractivity contribution is 7.15. The van der Waals surface area contributed by atoms with Crippen molar-refractivity contribution in [2.45, 2.75) is 6.54 Å². The van der Waals surface area contributed by atoms with E-state index >= 15 is 0 Å². The normalized spacial score (nSPS) is 10.7. The third-order valence-electron chi connectivity index (χ3n) is 2.37. The van der Waals surface area contributed by atoms with Gasteiger partial charge >= 0.3 is 0 Å². The van der Waals surface area contributed by atoms with E-state index in [1.165, 1.54) is 0 Å². The third kappa shape index (κ3) is 5.73. The molecule has 0 aliphatic heterocycles. The van der Waals surface area contributed by atoms with Crippen LogP contribution in [0.2, 0.25) is 0 Å². The van der Waals surface area contributed by atoms with E-state index in [1.807, 2.05) is 19.0 Å². The summed E-state index contributed by atoms with van der Waals surface area (Å²) < 4.78 is 15.5. The molecule has 0 aliphatic rings. The van der Waals surface area contributed by atoms with Crippen molar-refractivity contribution in [2.75, 3.05) is 59.6 Å². The zero-order chi connectivity index (χ0) is 14.1. The molecule has 6 nitrogen and oxygen atoms in total. The first-order valence-corrected chi connectivity index (χ1v) is 6.99. The molecule has 0 fully saturated rings. The van der Waals surface area contributed by atoms with Gasteiger partial charge in [-0.05, 0) is 0 Å². The topological polar surface area (TPSA) is 55.9 Å². The van der Waals surface area contributed by atoms with Gasteiger partial charge in [0, 0.05) is 34.3 Å². The maximum atomic E-state index is 5.37. The highest BCUT2D eigenvalue weighted by Crippen LogP contribution is 2.29. The van der Waals surface area contributed by atoms with Crippen molar-refractivity contribution in [3.63, 3.8) is 0 Å². The van der Waals surface area contributed by atoms with E-state index in [-0.39, 0.29) is 0 Å². The molecule has 0 saturated carbocycles. The lowest BCUT2D eigenvalue weighted by Gasteiger charge is -2.05. The summed E-state index contributed by atoms with van der Waals surface area (Å²) >= 11 is 1.63. The van der Waals surface area contributed by atoms with E-state index in [2.05, 4.69) is 10.3 Å². The largest absolute Gasteiger partial charge is 0.480 e. The Morgan fingerprint density at radius 3 is 2.63 bits per heavy atom. The number of hydrogen-bond acceptors (Lipinski definition) is 7. The molecule has 0 aliphatic carbocycles. The highest BCUT2D eigenvalue weighted by Gasteiger charge is 2.12. The van der Waals surface area contributed by atoms with Gasteiger partial charge in [-0.1, -0.05) is 11.3 Å². The minimum absolute atomic E-state index is 0.632. The summed E-state index contributed by atoms with van der Waals surface area (Å²) in [6.45, 7) is 3.47. The number of rotatable bonds is 10. The highest BCUT2D eigenvalue weighted by atomic mass is 32.1. The Kier molecular flexibility index (Phi) is 7.73. The standard InChI is InChI=1S/C12H23N3O3S/c1-15(2)12-14-11(17-4)10(19-12)9-13-5-6-18-8-7-16-3/h13H,5-9H2,1-4H3. The van der Waals surface area contributed by atoms with Crippen LogP contribution in [0.1, 0.15) is 4.88 Å². The molecule has 19 heavy (non-hydrogen) atoms. The minimum Gasteiger partial charge on any atom is -0.480 e. The van der Waals surface area contributed by atoms with Gasteiger partial charge in [-0.2, -0.15) is 4.98 Å². The Labute approximate surface area is 118 Å². The van der Waals surface area contributed by atoms with Crippen LogP contribution < -0.4 is 15.0 Å². The fraction of sp³-hybridized carbons (Fsp3) is 0.750. The van der Waals surface area contributed by atoms with Crippen LogP contribution in [0.5, 0.6) is 5.88 Å². The van der Waals surface area contributed by atoms with E-state index in [9.17, 15) is 0 Å². The van der Waals surface area contributed by atoms with Crippen LogP contribution in [0.25, 0.3) is 0 Å². The summed E-state index contributed by atoms with van der Waals surface area (Å²) in [6, 6.07) is 0. The maximum Gasteiger partial charge on any atom is 0.230 e. The molecule has 0 atom stereocenters. The molecule has 0 saturated heterocycles. The quantitative estimate of drug-likeness (QED) is 0.648. The Morgan fingerprint density at radius 1 is 1.21 bits per heavy atom. The van der Waals surface area contributed by atoms with Crippen LogP contribution in [0.4, 0.5) is 5.13 Å². The van der Waals surface area contributed by atoms with Gasteiger partial charge in [-0.3, -0.25) is 0 Å². The van der Waals surface area contributed by atoms with Crippen LogP contribution in [0.3, 0.4) is 0 Å². The molecule has 0 spiro atoms. The summed E-state index contributed by atoms with van der Waals surface area (Å²) in [5.41, 5.74) is 0. The van der Waals surface area contributed by atoms with Crippen molar-refractivity contribution < 1.29 is 14.2 Å². The van der Waals surface area contributed by atoms with Crippen molar-refractivity contribution in [1.82, 2.24) is 10.3 Å². The van der Waals surface area contributed by atoms with E-state index < -0.39 is 0 Å². The van der Waals surface area contributed by atoms with E-state index in [0.717, 1.165) is 23.1 Å². The number of methoxy groups -OCH3 is 2. The maximum absolute atomic E-state index is 5.37. The molecule has 1 heterocycles. The summed E-state index contributed by atoms with van der Waals surface area (Å²) in [6.07, 6.45) is 0. The summed E-state index contributed by atoms with van der Waals surface area (Å²) in [4.78, 5) is 7.48. The number of anilines is 1. The predicted molar refractivity (Wildman–Crippen MR) is 77.4 cm³/mol. The lowest BCUT2D eigenvalue weighted by Crippen LogP contribution is -2.20. The predicted octanol–water partition coefficient (Wildman–Crippen LogP) is 0.970. The molecule has 0 bridgehead atoms. The van der Waals surface area contributed by atoms with Gasteiger partial charge in [0.15, 0.2) is 5.13 Å². The molecular weight excluding hydrogens is 266 g/mol. The van der Waals surface area contributed by atoms with Gasteiger partial charge < -0.3 is 24.4 Å². The second-order valence-electron chi connectivity index (χ2n) is 4.11. The van der Waals surface area contributed by atoms with Crippen LogP contribution >= 0.6 is 11.3 Å². The van der Waals surface area contributed by atoms with Gasteiger partial charge in [0.2, 0.25) is 5.88 Å². The average molecular weight is 289 g/mol. The Morgan fingerprint density at radius 2 is 2.00 bits per heavy atom. The van der Waals surface area contributed by atoms with Crippen molar-refractivity contribution in [3.8, 4) is 5.88 Å². The van der Waals surface area contributed by atoms with Crippen LogP contribution in [-0.2, 0) is 16.0 Å². The van der Waals surface area contributed by atoms with Crippen LogP contribution in [0.15, 0.2) is 0 Å². The number of hydrogen-bond donors (Lipinski definition) is 1. The van der Waals surface area contributed by atoms with Crippen molar-refractivity contribution in [3.05, 3.63) is 4.88 Å². The second-order valence-corrected chi connectivity index (χ2v) is 5.17. The molecule has 110 valence electrons. The summed E-state index contributed by atoms with van der Waals surface area (Å²) in [5.74, 6) is 0.696. The lowest BCUT2D eigenvalue weighted by molar-refractivity contribution is 0.0719. The fourth-order valence-electron chi connectivity index (χ4n) is 1.38. The molecule has 0 unspecified atom stereocenters. The molecule has 1 rings (SSSR count). The molecule has 7 heteroatoms. The van der Waals surface area contributed by atoms with Crippen LogP contribution in [0, 0.1) is 0 Å². The monoisotopic (exact) mass is 289 g/mol. The van der Waals surface area contributed by atoms with Gasteiger partial charge in [0.05, 0.1) is 31.8 Å². The third-order valence-corrected chi connectivity index (χ3v) is 3.57. The molecular formula is C12H23N3O3S. The first kappa shape index (κ1) is 16.2. The average Bonchev–Trinajstić information content (AvgIpc) is 2.81. The SMILES string of the molecule is COCCOCCNCc1sc(N(C)C)nc1OC. The van der Waals surface area contributed by atoms with Crippen molar-refractivity contribution >= 4 is 16.5 Å². The number of nitrogens with zero attached hydrogens (tertiary/aromatic N) is 2. The number of aromatic nitrogens is 1. The molecule has 1 aromatic heterocycles. The van der Waals surface area contributed by atoms with Crippen molar-refractivity contribution in [1.29, 1.82) is 0 Å². The molecule has 0 aromatic carbocycles. The smallest absolute Gasteiger partial charge is 0.230 e. The second kappa shape index (κ2) is 9.08. The number of nitrogens with one attached hydrogen (secondary N) is 1. The van der Waals surface area contributed by atoms with Gasteiger partial charge in [-0.25, -0.2) is 0 Å². The zero-order valence-corrected chi connectivity index (χ0v) is 12.9. The first-order valence-electron chi connectivity index (χ1n) is 6.17.